The topological polar surface area (TPSA) is 57.3 Å². The number of aromatic nitrogens is 1. The molecule has 136 valence electrons. The Bertz CT molecular complexity index is 585. The molecule has 3 heterocycles. The molecule has 4 rings (SSSR count). The van der Waals surface area contributed by atoms with E-state index in [9.17, 15) is 4.79 Å². The number of piperidine rings is 1. The van der Waals surface area contributed by atoms with Gasteiger partial charge in [0.25, 0.3) is 0 Å². The van der Waals surface area contributed by atoms with E-state index in [0.717, 1.165) is 30.9 Å². The van der Waals surface area contributed by atoms with Crippen molar-refractivity contribution in [3.8, 4) is 0 Å². The van der Waals surface area contributed by atoms with Gasteiger partial charge < -0.3 is 15.5 Å². The number of carbonyl (C=O) groups is 1. The first-order valence-corrected chi connectivity index (χ1v) is 10.0. The van der Waals surface area contributed by atoms with Gasteiger partial charge in [0.1, 0.15) is 5.82 Å². The van der Waals surface area contributed by atoms with E-state index < -0.39 is 0 Å². The van der Waals surface area contributed by atoms with Crippen molar-refractivity contribution in [2.24, 2.45) is 5.92 Å². The molecule has 5 heteroatoms. The lowest BCUT2D eigenvalue weighted by atomic mass is 9.85. The number of rotatable bonds is 4. The standard InChI is InChI=1S/C20H30N4O/c25-20(18-13-16-6-2-3-7-17(16)23-18)22-14-15-8-9-21-19(12-15)24-10-4-1-5-11-24/h8-9,12,16-18,23H,1-7,10-11,13-14H2,(H,22,25). The molecular formula is C20H30N4O. The largest absolute Gasteiger partial charge is 0.357 e. The van der Waals surface area contributed by atoms with Crippen LogP contribution in [0, 0.1) is 5.92 Å². The van der Waals surface area contributed by atoms with Gasteiger partial charge in [-0.3, -0.25) is 4.79 Å². The van der Waals surface area contributed by atoms with Crippen LogP contribution in [0.4, 0.5) is 5.82 Å². The summed E-state index contributed by atoms with van der Waals surface area (Å²) in [6, 6.07) is 4.70. The first-order chi connectivity index (χ1) is 12.3. The van der Waals surface area contributed by atoms with Crippen molar-refractivity contribution in [1.29, 1.82) is 0 Å². The van der Waals surface area contributed by atoms with Gasteiger partial charge >= 0.3 is 0 Å². The maximum Gasteiger partial charge on any atom is 0.237 e. The van der Waals surface area contributed by atoms with Crippen molar-refractivity contribution in [2.75, 3.05) is 18.0 Å². The second-order valence-corrected chi connectivity index (χ2v) is 7.89. The Morgan fingerprint density at radius 1 is 1.20 bits per heavy atom. The zero-order valence-corrected chi connectivity index (χ0v) is 15.0. The van der Waals surface area contributed by atoms with Crippen molar-refractivity contribution in [1.82, 2.24) is 15.6 Å². The van der Waals surface area contributed by atoms with Crippen LogP contribution >= 0.6 is 0 Å². The third-order valence-corrected chi connectivity index (χ3v) is 6.14. The molecule has 0 radical (unpaired) electrons. The smallest absolute Gasteiger partial charge is 0.237 e. The number of amides is 1. The molecule has 3 aliphatic rings. The Labute approximate surface area is 150 Å². The molecule has 3 atom stereocenters. The molecule has 2 aliphatic heterocycles. The molecular weight excluding hydrogens is 312 g/mol. The Morgan fingerprint density at radius 2 is 2.04 bits per heavy atom. The molecule has 1 amide bonds. The average molecular weight is 342 g/mol. The maximum atomic E-state index is 12.5. The Hall–Kier alpha value is -1.62. The van der Waals surface area contributed by atoms with Gasteiger partial charge in [0.15, 0.2) is 0 Å². The Kier molecular flexibility index (Phi) is 5.20. The van der Waals surface area contributed by atoms with Gasteiger partial charge in [-0.2, -0.15) is 0 Å². The summed E-state index contributed by atoms with van der Waals surface area (Å²) >= 11 is 0. The lowest BCUT2D eigenvalue weighted by Crippen LogP contribution is -2.42. The first kappa shape index (κ1) is 16.8. The number of hydrogen-bond acceptors (Lipinski definition) is 4. The highest BCUT2D eigenvalue weighted by Crippen LogP contribution is 2.33. The van der Waals surface area contributed by atoms with Crippen LogP contribution in [0.5, 0.6) is 0 Å². The third-order valence-electron chi connectivity index (χ3n) is 6.14. The van der Waals surface area contributed by atoms with E-state index in [1.165, 1.54) is 44.9 Å². The van der Waals surface area contributed by atoms with Crippen LogP contribution in [0.3, 0.4) is 0 Å². The fraction of sp³-hybridized carbons (Fsp3) is 0.700. The van der Waals surface area contributed by atoms with Gasteiger partial charge in [0.2, 0.25) is 5.91 Å². The second-order valence-electron chi connectivity index (χ2n) is 7.89. The third kappa shape index (κ3) is 3.97. The predicted octanol–water partition coefficient (Wildman–Crippen LogP) is 2.61. The summed E-state index contributed by atoms with van der Waals surface area (Å²) in [5.74, 6) is 1.92. The lowest BCUT2D eigenvalue weighted by Gasteiger charge is -2.28. The summed E-state index contributed by atoms with van der Waals surface area (Å²) in [4.78, 5) is 19.4. The van der Waals surface area contributed by atoms with E-state index in [4.69, 9.17) is 0 Å². The van der Waals surface area contributed by atoms with Gasteiger partial charge in [-0.1, -0.05) is 12.8 Å². The highest BCUT2D eigenvalue weighted by molar-refractivity contribution is 5.82. The number of pyridine rings is 1. The average Bonchev–Trinajstić information content (AvgIpc) is 3.11. The van der Waals surface area contributed by atoms with Crippen LogP contribution in [0.2, 0.25) is 0 Å². The maximum absolute atomic E-state index is 12.5. The highest BCUT2D eigenvalue weighted by atomic mass is 16.2. The summed E-state index contributed by atoms with van der Waals surface area (Å²) in [5.41, 5.74) is 1.14. The summed E-state index contributed by atoms with van der Waals surface area (Å²) in [5, 5.41) is 6.69. The van der Waals surface area contributed by atoms with Crippen molar-refractivity contribution < 1.29 is 4.79 Å². The Balaban J connectivity index is 1.31. The van der Waals surface area contributed by atoms with Gasteiger partial charge in [-0.15, -0.1) is 0 Å². The quantitative estimate of drug-likeness (QED) is 0.883. The van der Waals surface area contributed by atoms with Crippen LogP contribution in [-0.2, 0) is 11.3 Å². The van der Waals surface area contributed by atoms with E-state index in [1.54, 1.807) is 0 Å². The minimum Gasteiger partial charge on any atom is -0.357 e. The second kappa shape index (κ2) is 7.73. The number of nitrogens with zero attached hydrogens (tertiary/aromatic N) is 2. The molecule has 1 saturated carbocycles. The van der Waals surface area contributed by atoms with Gasteiger partial charge in [-0.25, -0.2) is 4.98 Å². The molecule has 3 unspecified atom stereocenters. The van der Waals surface area contributed by atoms with Crippen molar-refractivity contribution in [3.63, 3.8) is 0 Å². The van der Waals surface area contributed by atoms with Crippen molar-refractivity contribution >= 4 is 11.7 Å². The molecule has 3 fully saturated rings. The molecule has 1 aromatic heterocycles. The molecule has 0 aromatic carbocycles. The number of fused-ring (bicyclic) bond motifs is 1. The van der Waals surface area contributed by atoms with Crippen molar-refractivity contribution in [2.45, 2.75) is 70.0 Å². The zero-order valence-electron chi connectivity index (χ0n) is 15.0. The van der Waals surface area contributed by atoms with Crippen LogP contribution in [0.1, 0.15) is 56.9 Å². The SMILES string of the molecule is O=C(NCc1ccnc(N2CCCCC2)c1)C1CC2CCCCC2N1. The highest BCUT2D eigenvalue weighted by Gasteiger charge is 2.37. The molecule has 25 heavy (non-hydrogen) atoms. The van der Waals surface area contributed by atoms with E-state index >= 15 is 0 Å². The minimum absolute atomic E-state index is 0.00324. The molecule has 5 nitrogen and oxygen atoms in total. The van der Waals surface area contributed by atoms with E-state index in [1.807, 2.05) is 12.3 Å². The summed E-state index contributed by atoms with van der Waals surface area (Å²) in [6.07, 6.45) is 11.8. The van der Waals surface area contributed by atoms with Gasteiger partial charge in [-0.05, 0) is 62.1 Å². The lowest BCUT2D eigenvalue weighted by molar-refractivity contribution is -0.123. The fourth-order valence-corrected chi connectivity index (χ4v) is 4.70. The fourth-order valence-electron chi connectivity index (χ4n) is 4.70. The zero-order chi connectivity index (χ0) is 17.1. The Morgan fingerprint density at radius 3 is 2.88 bits per heavy atom. The monoisotopic (exact) mass is 342 g/mol. The van der Waals surface area contributed by atoms with E-state index in [-0.39, 0.29) is 11.9 Å². The molecule has 2 N–H and O–H groups in total. The number of nitrogens with one attached hydrogen (secondary N) is 2. The van der Waals surface area contributed by atoms with Gasteiger partial charge in [0, 0.05) is 31.9 Å². The first-order valence-electron chi connectivity index (χ1n) is 10.0. The van der Waals surface area contributed by atoms with Crippen molar-refractivity contribution in [3.05, 3.63) is 23.9 Å². The molecule has 0 bridgehead atoms. The number of anilines is 1. The summed E-state index contributed by atoms with van der Waals surface area (Å²) in [7, 11) is 0. The summed E-state index contributed by atoms with van der Waals surface area (Å²) < 4.78 is 0. The van der Waals surface area contributed by atoms with E-state index in [2.05, 4.69) is 26.6 Å². The predicted molar refractivity (Wildman–Crippen MR) is 99.4 cm³/mol. The molecule has 1 aromatic rings. The van der Waals surface area contributed by atoms with Crippen LogP contribution in [0.15, 0.2) is 18.3 Å². The van der Waals surface area contributed by atoms with Crippen LogP contribution < -0.4 is 15.5 Å². The minimum atomic E-state index is -0.00324. The number of carbonyl (C=O) groups excluding carboxylic acids is 1. The summed E-state index contributed by atoms with van der Waals surface area (Å²) in [6.45, 7) is 2.78. The number of hydrogen-bond donors (Lipinski definition) is 2. The molecule has 0 spiro atoms. The van der Waals surface area contributed by atoms with Crippen LogP contribution in [0.25, 0.3) is 0 Å². The van der Waals surface area contributed by atoms with E-state index in [0.29, 0.717) is 18.5 Å². The van der Waals surface area contributed by atoms with Gasteiger partial charge in [0.05, 0.1) is 6.04 Å². The molecule has 1 aliphatic carbocycles. The normalized spacial score (nSPS) is 29.3. The molecule has 2 saturated heterocycles. The van der Waals surface area contributed by atoms with Crippen LogP contribution in [-0.4, -0.2) is 36.1 Å².